The molecular formula is C14H20. The minimum atomic E-state index is 0.793. The van der Waals surface area contributed by atoms with Gasteiger partial charge >= 0.3 is 0 Å². The summed E-state index contributed by atoms with van der Waals surface area (Å²) < 4.78 is 0. The van der Waals surface area contributed by atoms with Gasteiger partial charge in [-0.2, -0.15) is 0 Å². The lowest BCUT2D eigenvalue weighted by atomic mass is 9.87. The third kappa shape index (κ3) is 1.58. The number of hydrogen-bond donors (Lipinski definition) is 0. The van der Waals surface area contributed by atoms with Gasteiger partial charge < -0.3 is 0 Å². The zero-order valence-electron chi connectivity index (χ0n) is 9.40. The van der Waals surface area contributed by atoms with Gasteiger partial charge in [0.25, 0.3) is 0 Å². The van der Waals surface area contributed by atoms with Crippen LogP contribution in [0.2, 0.25) is 0 Å². The summed E-state index contributed by atoms with van der Waals surface area (Å²) in [5.41, 5.74) is 1.54. The molecule has 0 aliphatic heterocycles. The van der Waals surface area contributed by atoms with Gasteiger partial charge in [0, 0.05) is 0 Å². The minimum Gasteiger partial charge on any atom is -0.0622 e. The summed E-state index contributed by atoms with van der Waals surface area (Å²) >= 11 is 0. The average molecular weight is 188 g/mol. The highest BCUT2D eigenvalue weighted by molar-refractivity contribution is 5.21. The molecule has 0 aromatic heterocycles. The fourth-order valence-electron chi connectivity index (χ4n) is 2.85. The molecule has 1 aliphatic carbocycles. The Labute approximate surface area is 87.3 Å². The van der Waals surface area contributed by atoms with Crippen LogP contribution in [-0.2, 0) is 0 Å². The predicted octanol–water partition coefficient (Wildman–Crippen LogP) is 4.08. The van der Waals surface area contributed by atoms with Gasteiger partial charge in [0.15, 0.2) is 0 Å². The van der Waals surface area contributed by atoms with Crippen molar-refractivity contribution in [3.8, 4) is 0 Å². The van der Waals surface area contributed by atoms with E-state index in [1.165, 1.54) is 12.0 Å². The number of hydrogen-bond acceptors (Lipinski definition) is 0. The van der Waals surface area contributed by atoms with Crippen LogP contribution in [0, 0.1) is 17.8 Å². The van der Waals surface area contributed by atoms with Gasteiger partial charge in [-0.05, 0) is 35.7 Å². The van der Waals surface area contributed by atoms with Gasteiger partial charge in [-0.15, -0.1) is 0 Å². The van der Waals surface area contributed by atoms with Crippen LogP contribution in [0.1, 0.15) is 38.7 Å². The van der Waals surface area contributed by atoms with E-state index in [0.717, 1.165) is 23.7 Å². The van der Waals surface area contributed by atoms with E-state index in [2.05, 4.69) is 51.1 Å². The Hall–Kier alpha value is -0.780. The van der Waals surface area contributed by atoms with E-state index in [1.54, 1.807) is 0 Å². The smallest absolute Gasteiger partial charge is 0.0131 e. The molecule has 1 aromatic carbocycles. The second-order valence-corrected chi connectivity index (χ2v) is 4.95. The summed E-state index contributed by atoms with van der Waals surface area (Å²) in [5.74, 6) is 3.39. The molecular weight excluding hydrogens is 168 g/mol. The summed E-state index contributed by atoms with van der Waals surface area (Å²) in [6.45, 7) is 7.20. The van der Waals surface area contributed by atoms with Crippen molar-refractivity contribution < 1.29 is 0 Å². The van der Waals surface area contributed by atoms with Crippen LogP contribution >= 0.6 is 0 Å². The molecule has 76 valence electrons. The highest BCUT2D eigenvalue weighted by Crippen LogP contribution is 2.46. The molecule has 0 N–H and O–H groups in total. The lowest BCUT2D eigenvalue weighted by molar-refractivity contribution is 0.370. The first-order valence-corrected chi connectivity index (χ1v) is 5.75. The van der Waals surface area contributed by atoms with Crippen LogP contribution < -0.4 is 0 Å². The molecule has 0 heterocycles. The van der Waals surface area contributed by atoms with Crippen LogP contribution in [0.3, 0.4) is 0 Å². The lowest BCUT2D eigenvalue weighted by Crippen LogP contribution is -2.08. The lowest BCUT2D eigenvalue weighted by Gasteiger charge is -2.18. The Morgan fingerprint density at radius 1 is 0.929 bits per heavy atom. The first-order valence-electron chi connectivity index (χ1n) is 5.75. The quantitative estimate of drug-likeness (QED) is 0.623. The number of rotatable bonds is 1. The van der Waals surface area contributed by atoms with Gasteiger partial charge in [0.1, 0.15) is 0 Å². The summed E-state index contributed by atoms with van der Waals surface area (Å²) in [6.07, 6.45) is 1.37. The van der Waals surface area contributed by atoms with Crippen molar-refractivity contribution in [1.82, 2.24) is 0 Å². The van der Waals surface area contributed by atoms with Crippen LogP contribution in [0.5, 0.6) is 0 Å². The summed E-state index contributed by atoms with van der Waals surface area (Å²) in [4.78, 5) is 0. The summed E-state index contributed by atoms with van der Waals surface area (Å²) in [6, 6.07) is 11.0. The molecule has 0 heteroatoms. The first kappa shape index (κ1) is 9.76. The molecule has 1 fully saturated rings. The van der Waals surface area contributed by atoms with Crippen molar-refractivity contribution in [3.05, 3.63) is 35.9 Å². The molecule has 0 saturated heterocycles. The molecule has 0 amide bonds. The number of benzene rings is 1. The molecule has 1 aromatic rings. The van der Waals surface area contributed by atoms with E-state index < -0.39 is 0 Å². The third-order valence-electron chi connectivity index (χ3n) is 4.22. The van der Waals surface area contributed by atoms with Crippen molar-refractivity contribution in [3.63, 3.8) is 0 Å². The van der Waals surface area contributed by atoms with Crippen LogP contribution in [-0.4, -0.2) is 0 Å². The Kier molecular flexibility index (Phi) is 2.62. The Morgan fingerprint density at radius 3 is 2.07 bits per heavy atom. The second kappa shape index (κ2) is 3.76. The molecule has 4 unspecified atom stereocenters. The van der Waals surface area contributed by atoms with E-state index in [-0.39, 0.29) is 0 Å². The van der Waals surface area contributed by atoms with E-state index >= 15 is 0 Å². The fourth-order valence-corrected chi connectivity index (χ4v) is 2.85. The molecule has 0 bridgehead atoms. The second-order valence-electron chi connectivity index (χ2n) is 4.95. The van der Waals surface area contributed by atoms with Gasteiger partial charge in [-0.25, -0.2) is 0 Å². The van der Waals surface area contributed by atoms with Gasteiger partial charge in [0.2, 0.25) is 0 Å². The van der Waals surface area contributed by atoms with Crippen molar-refractivity contribution in [2.45, 2.75) is 33.1 Å². The van der Waals surface area contributed by atoms with Crippen LogP contribution in [0.4, 0.5) is 0 Å². The Morgan fingerprint density at radius 2 is 1.57 bits per heavy atom. The Balaban J connectivity index is 2.21. The molecule has 2 rings (SSSR count). The van der Waals surface area contributed by atoms with E-state index in [0.29, 0.717) is 0 Å². The Bertz CT molecular complexity index is 288. The fraction of sp³-hybridized carbons (Fsp3) is 0.571. The van der Waals surface area contributed by atoms with Gasteiger partial charge in [-0.3, -0.25) is 0 Å². The van der Waals surface area contributed by atoms with E-state index in [9.17, 15) is 0 Å². The monoisotopic (exact) mass is 188 g/mol. The predicted molar refractivity (Wildman–Crippen MR) is 61.3 cm³/mol. The largest absolute Gasteiger partial charge is 0.0622 e. The van der Waals surface area contributed by atoms with Gasteiger partial charge in [0.05, 0.1) is 0 Å². The van der Waals surface area contributed by atoms with Crippen LogP contribution in [0.25, 0.3) is 0 Å². The topological polar surface area (TPSA) is 0 Å². The maximum absolute atomic E-state index is 2.41. The van der Waals surface area contributed by atoms with Crippen molar-refractivity contribution in [2.75, 3.05) is 0 Å². The average Bonchev–Trinajstić information content (AvgIpc) is 2.47. The summed E-state index contributed by atoms with van der Waals surface area (Å²) in [5, 5.41) is 0. The zero-order chi connectivity index (χ0) is 10.1. The van der Waals surface area contributed by atoms with E-state index in [4.69, 9.17) is 0 Å². The van der Waals surface area contributed by atoms with Crippen molar-refractivity contribution >= 4 is 0 Å². The molecule has 14 heavy (non-hydrogen) atoms. The van der Waals surface area contributed by atoms with Crippen LogP contribution in [0.15, 0.2) is 30.3 Å². The first-order chi connectivity index (χ1) is 6.70. The maximum Gasteiger partial charge on any atom is -0.0131 e. The van der Waals surface area contributed by atoms with Crippen molar-refractivity contribution in [2.24, 2.45) is 17.8 Å². The van der Waals surface area contributed by atoms with Gasteiger partial charge in [-0.1, -0.05) is 51.1 Å². The summed E-state index contributed by atoms with van der Waals surface area (Å²) in [7, 11) is 0. The highest BCUT2D eigenvalue weighted by atomic mass is 14.4. The van der Waals surface area contributed by atoms with Crippen molar-refractivity contribution in [1.29, 1.82) is 0 Å². The highest BCUT2D eigenvalue weighted by Gasteiger charge is 2.35. The third-order valence-corrected chi connectivity index (χ3v) is 4.22. The molecule has 1 saturated carbocycles. The molecule has 0 radical (unpaired) electrons. The standard InChI is InChI=1S/C14H20/c1-10-9-14(12(3)11(10)2)13-7-5-4-6-8-13/h4-8,10-12,14H,9H2,1-3H3. The van der Waals surface area contributed by atoms with E-state index in [1.807, 2.05) is 0 Å². The molecule has 1 aliphatic rings. The molecule has 0 nitrogen and oxygen atoms in total. The molecule has 4 atom stereocenters. The maximum atomic E-state index is 2.41. The minimum absolute atomic E-state index is 0.793. The normalized spacial score (nSPS) is 37.4. The molecule has 0 spiro atoms. The SMILES string of the molecule is CC1CC(c2ccccc2)C(C)C1C. The zero-order valence-corrected chi connectivity index (χ0v) is 9.40.